The summed E-state index contributed by atoms with van der Waals surface area (Å²) in [5.41, 5.74) is 0.501. The van der Waals surface area contributed by atoms with E-state index in [1.807, 2.05) is 5.38 Å². The lowest BCUT2D eigenvalue weighted by Gasteiger charge is -2.34. The highest BCUT2D eigenvalue weighted by Gasteiger charge is 2.25. The second kappa shape index (κ2) is 8.87. The molecule has 3 heterocycles. The van der Waals surface area contributed by atoms with Crippen molar-refractivity contribution in [1.29, 1.82) is 0 Å². The summed E-state index contributed by atoms with van der Waals surface area (Å²) in [6.07, 6.45) is 3.76. The molecule has 2 aliphatic heterocycles. The van der Waals surface area contributed by atoms with E-state index in [4.69, 9.17) is 4.74 Å². The fraction of sp³-hybridized carbons (Fsp3) is 0.450. The number of hydrogen-bond acceptors (Lipinski definition) is 6. The highest BCUT2D eigenvalue weighted by atomic mass is 32.1. The number of nitrogens with zero attached hydrogens (tertiary/aromatic N) is 3. The van der Waals surface area contributed by atoms with Gasteiger partial charge in [-0.25, -0.2) is 9.37 Å². The molecule has 1 aromatic heterocycles. The number of benzene rings is 1. The number of piperazine rings is 1. The van der Waals surface area contributed by atoms with Crippen LogP contribution in [0, 0.1) is 5.82 Å². The molecule has 2 aromatic rings. The van der Waals surface area contributed by atoms with Crippen molar-refractivity contribution in [2.45, 2.75) is 25.4 Å². The summed E-state index contributed by atoms with van der Waals surface area (Å²) in [6.45, 7) is 2.98. The SMILES string of the molecule is O=C(Nc1cc(F)cc(C(=O)N2CCN(c3nccs3)CC2)c1)C1CCCCO1. The van der Waals surface area contributed by atoms with E-state index in [9.17, 15) is 14.0 Å². The smallest absolute Gasteiger partial charge is 0.254 e. The minimum Gasteiger partial charge on any atom is -0.368 e. The maximum atomic E-state index is 14.1. The second-order valence-electron chi connectivity index (χ2n) is 7.17. The van der Waals surface area contributed by atoms with Gasteiger partial charge in [0.1, 0.15) is 11.9 Å². The van der Waals surface area contributed by atoms with Crippen LogP contribution >= 0.6 is 11.3 Å². The van der Waals surface area contributed by atoms with Gasteiger partial charge < -0.3 is 19.9 Å². The molecular formula is C20H23FN4O3S. The Balaban J connectivity index is 1.40. The molecule has 2 saturated heterocycles. The average Bonchev–Trinajstić information content (AvgIpc) is 3.28. The minimum absolute atomic E-state index is 0.229. The zero-order chi connectivity index (χ0) is 20.2. The number of nitrogens with one attached hydrogen (secondary N) is 1. The van der Waals surface area contributed by atoms with E-state index < -0.39 is 11.9 Å². The monoisotopic (exact) mass is 418 g/mol. The molecule has 1 unspecified atom stereocenters. The predicted octanol–water partition coefficient (Wildman–Crippen LogP) is 2.75. The van der Waals surface area contributed by atoms with Crippen molar-refractivity contribution in [2.24, 2.45) is 0 Å². The van der Waals surface area contributed by atoms with Crippen LogP contribution in [-0.4, -0.2) is 60.6 Å². The molecule has 1 aromatic carbocycles. The van der Waals surface area contributed by atoms with Gasteiger partial charge in [-0.2, -0.15) is 0 Å². The van der Waals surface area contributed by atoms with E-state index in [0.29, 0.717) is 39.2 Å². The molecule has 2 fully saturated rings. The number of thiazole rings is 1. The van der Waals surface area contributed by atoms with Crippen LogP contribution in [0.15, 0.2) is 29.8 Å². The molecule has 0 saturated carbocycles. The van der Waals surface area contributed by atoms with Gasteiger partial charge in [0.25, 0.3) is 11.8 Å². The number of hydrogen-bond donors (Lipinski definition) is 1. The van der Waals surface area contributed by atoms with Crippen molar-refractivity contribution in [2.75, 3.05) is 43.0 Å². The van der Waals surface area contributed by atoms with E-state index >= 15 is 0 Å². The number of halogens is 1. The Bertz CT molecular complexity index is 863. The summed E-state index contributed by atoms with van der Waals surface area (Å²) in [6, 6.07) is 3.96. The molecule has 1 atom stereocenters. The Labute approximate surface area is 172 Å². The molecule has 0 bridgehead atoms. The van der Waals surface area contributed by atoms with E-state index in [0.717, 1.165) is 18.0 Å². The first-order valence-corrected chi connectivity index (χ1v) is 10.6. The molecule has 4 rings (SSSR count). The maximum absolute atomic E-state index is 14.1. The van der Waals surface area contributed by atoms with E-state index in [1.54, 1.807) is 22.4 Å². The molecule has 154 valence electrons. The van der Waals surface area contributed by atoms with Crippen molar-refractivity contribution in [3.05, 3.63) is 41.2 Å². The van der Waals surface area contributed by atoms with Crippen LogP contribution in [0.3, 0.4) is 0 Å². The summed E-state index contributed by atoms with van der Waals surface area (Å²) < 4.78 is 19.6. The normalized spacial score (nSPS) is 19.8. The Kier molecular flexibility index (Phi) is 6.05. The fourth-order valence-electron chi connectivity index (χ4n) is 3.61. The summed E-state index contributed by atoms with van der Waals surface area (Å²) in [7, 11) is 0. The molecule has 7 nitrogen and oxygen atoms in total. The van der Waals surface area contributed by atoms with Gasteiger partial charge in [0.05, 0.1) is 0 Å². The predicted molar refractivity (Wildman–Crippen MR) is 109 cm³/mol. The lowest BCUT2D eigenvalue weighted by atomic mass is 10.1. The van der Waals surface area contributed by atoms with Gasteiger partial charge in [0.2, 0.25) is 0 Å². The lowest BCUT2D eigenvalue weighted by Crippen LogP contribution is -2.48. The fourth-order valence-corrected chi connectivity index (χ4v) is 4.31. The molecular weight excluding hydrogens is 395 g/mol. The Morgan fingerprint density at radius 2 is 2.00 bits per heavy atom. The maximum Gasteiger partial charge on any atom is 0.254 e. The first kappa shape index (κ1) is 19.8. The van der Waals surface area contributed by atoms with Gasteiger partial charge in [-0.15, -0.1) is 11.3 Å². The van der Waals surface area contributed by atoms with Crippen LogP contribution in [0.1, 0.15) is 29.6 Å². The van der Waals surface area contributed by atoms with E-state index in [2.05, 4.69) is 15.2 Å². The number of ether oxygens (including phenoxy) is 1. The highest BCUT2D eigenvalue weighted by Crippen LogP contribution is 2.22. The summed E-state index contributed by atoms with van der Waals surface area (Å²) >= 11 is 1.57. The van der Waals surface area contributed by atoms with Crippen LogP contribution in [0.5, 0.6) is 0 Å². The Morgan fingerprint density at radius 3 is 2.69 bits per heavy atom. The van der Waals surface area contributed by atoms with Crippen molar-refractivity contribution in [3.63, 3.8) is 0 Å². The first-order chi connectivity index (χ1) is 14.1. The van der Waals surface area contributed by atoms with Crippen LogP contribution in [0.2, 0.25) is 0 Å². The molecule has 2 aliphatic rings. The standard InChI is InChI=1S/C20H23FN4O3S/c21-15-11-14(12-16(13-15)23-18(26)17-3-1-2-9-28-17)19(27)24-5-7-25(8-6-24)20-22-4-10-29-20/h4,10-13,17H,1-3,5-9H2,(H,23,26). The van der Waals surface area contributed by atoms with Crippen LogP contribution in [-0.2, 0) is 9.53 Å². The number of rotatable bonds is 4. The van der Waals surface area contributed by atoms with Crippen LogP contribution in [0.4, 0.5) is 15.2 Å². The van der Waals surface area contributed by atoms with Gasteiger partial charge in [-0.1, -0.05) is 0 Å². The zero-order valence-corrected chi connectivity index (χ0v) is 16.8. The number of aromatic nitrogens is 1. The van der Waals surface area contributed by atoms with Gasteiger partial charge in [0, 0.05) is 55.6 Å². The topological polar surface area (TPSA) is 74.8 Å². The molecule has 0 radical (unpaired) electrons. The third-order valence-corrected chi connectivity index (χ3v) is 5.97. The largest absolute Gasteiger partial charge is 0.368 e. The number of anilines is 2. The molecule has 0 aliphatic carbocycles. The molecule has 0 spiro atoms. The molecule has 2 amide bonds. The van der Waals surface area contributed by atoms with Crippen molar-refractivity contribution < 1.29 is 18.7 Å². The van der Waals surface area contributed by atoms with Crippen molar-refractivity contribution in [1.82, 2.24) is 9.88 Å². The molecule has 9 heteroatoms. The van der Waals surface area contributed by atoms with Crippen LogP contribution in [0.25, 0.3) is 0 Å². The zero-order valence-electron chi connectivity index (χ0n) is 16.0. The average molecular weight is 418 g/mol. The minimum atomic E-state index is -0.558. The van der Waals surface area contributed by atoms with Crippen LogP contribution < -0.4 is 10.2 Å². The Hall–Kier alpha value is -2.52. The first-order valence-electron chi connectivity index (χ1n) is 9.77. The number of amides is 2. The quantitative estimate of drug-likeness (QED) is 0.827. The molecule has 1 N–H and O–H groups in total. The van der Waals surface area contributed by atoms with Crippen molar-refractivity contribution in [3.8, 4) is 0 Å². The lowest BCUT2D eigenvalue weighted by molar-refractivity contribution is -0.129. The van der Waals surface area contributed by atoms with Crippen molar-refractivity contribution >= 4 is 34.0 Å². The van der Waals surface area contributed by atoms with Gasteiger partial charge in [-0.05, 0) is 37.5 Å². The third-order valence-electron chi connectivity index (χ3n) is 5.14. The number of carbonyl (C=O) groups excluding carboxylic acids is 2. The third kappa shape index (κ3) is 4.73. The summed E-state index contributed by atoms with van der Waals surface area (Å²) in [5, 5.41) is 5.55. The van der Waals surface area contributed by atoms with E-state index in [1.165, 1.54) is 18.2 Å². The van der Waals surface area contributed by atoms with Gasteiger partial charge >= 0.3 is 0 Å². The summed E-state index contributed by atoms with van der Waals surface area (Å²) in [5.74, 6) is -1.10. The van der Waals surface area contributed by atoms with E-state index in [-0.39, 0.29) is 23.1 Å². The summed E-state index contributed by atoms with van der Waals surface area (Å²) in [4.78, 5) is 33.4. The Morgan fingerprint density at radius 1 is 1.17 bits per heavy atom. The van der Waals surface area contributed by atoms with Gasteiger partial charge in [0.15, 0.2) is 5.13 Å². The second-order valence-corrected chi connectivity index (χ2v) is 8.04. The molecule has 29 heavy (non-hydrogen) atoms. The number of carbonyl (C=O) groups is 2. The van der Waals surface area contributed by atoms with Gasteiger partial charge in [-0.3, -0.25) is 9.59 Å². The highest BCUT2D eigenvalue weighted by molar-refractivity contribution is 7.13.